The molecule has 0 aliphatic rings. The molecule has 1 atom stereocenters. The molecule has 2 amide bonds. The summed E-state index contributed by atoms with van der Waals surface area (Å²) in [6, 6.07) is 24.8. The molecule has 0 aliphatic heterocycles. The molecule has 0 saturated heterocycles. The number of methoxy groups -OCH3 is 1. The second kappa shape index (κ2) is 10.8. The number of amides is 2. The summed E-state index contributed by atoms with van der Waals surface area (Å²) in [4.78, 5) is 24.6. The highest BCUT2D eigenvalue weighted by molar-refractivity contribution is 5.85. The number of benzene rings is 3. The van der Waals surface area contributed by atoms with Gasteiger partial charge in [0.15, 0.2) is 6.10 Å². The van der Waals surface area contributed by atoms with Gasteiger partial charge in [0.25, 0.3) is 5.91 Å². The fourth-order valence-corrected chi connectivity index (χ4v) is 3.03. The fourth-order valence-electron chi connectivity index (χ4n) is 3.03. The Balaban J connectivity index is 1.50. The van der Waals surface area contributed by atoms with Gasteiger partial charge in [0.1, 0.15) is 11.5 Å². The summed E-state index contributed by atoms with van der Waals surface area (Å²) in [6.07, 6.45) is -0.118. The predicted molar refractivity (Wildman–Crippen MR) is 120 cm³/mol. The Hall–Kier alpha value is -3.80. The molecule has 1 unspecified atom stereocenters. The van der Waals surface area contributed by atoms with E-state index in [-0.39, 0.29) is 12.3 Å². The number of nitrogens with one attached hydrogen (secondary N) is 2. The maximum atomic E-state index is 12.4. The number of hydrazine groups is 1. The molecule has 0 radical (unpaired) electrons. The standard InChI is InChI=1S/C25H26N2O4/c1-3-23(31-22-15-11-20(12-16-22)19-7-5-4-6-8-19)25(29)27-26-24(28)17-18-9-13-21(30-2)14-10-18/h4-16,23H,3,17H2,1-2H3,(H,26,28)(H,27,29). The van der Waals surface area contributed by atoms with Gasteiger partial charge in [-0.05, 0) is 47.4 Å². The molecule has 0 spiro atoms. The second-order valence-corrected chi connectivity index (χ2v) is 6.97. The van der Waals surface area contributed by atoms with E-state index in [1.807, 2.05) is 61.5 Å². The Morgan fingerprint density at radius 2 is 1.42 bits per heavy atom. The van der Waals surface area contributed by atoms with E-state index in [4.69, 9.17) is 9.47 Å². The number of carbonyl (C=O) groups is 2. The van der Waals surface area contributed by atoms with Crippen LogP contribution in [-0.2, 0) is 16.0 Å². The van der Waals surface area contributed by atoms with Crippen LogP contribution in [0, 0.1) is 0 Å². The van der Waals surface area contributed by atoms with Gasteiger partial charge in [-0.3, -0.25) is 20.4 Å². The molecule has 0 fully saturated rings. The molecule has 3 aromatic carbocycles. The molecule has 6 heteroatoms. The number of hydrogen-bond acceptors (Lipinski definition) is 4. The van der Waals surface area contributed by atoms with Crippen molar-refractivity contribution in [1.29, 1.82) is 0 Å². The van der Waals surface area contributed by atoms with Crippen LogP contribution in [0.2, 0.25) is 0 Å². The highest BCUT2D eigenvalue weighted by Crippen LogP contribution is 2.23. The quantitative estimate of drug-likeness (QED) is 0.544. The third-order valence-corrected chi connectivity index (χ3v) is 4.75. The Labute approximate surface area is 182 Å². The number of carbonyl (C=O) groups excluding carboxylic acids is 2. The maximum Gasteiger partial charge on any atom is 0.279 e. The number of hydrogen-bond donors (Lipinski definition) is 2. The zero-order valence-corrected chi connectivity index (χ0v) is 17.6. The van der Waals surface area contributed by atoms with Gasteiger partial charge in [-0.15, -0.1) is 0 Å². The van der Waals surface area contributed by atoms with Gasteiger partial charge < -0.3 is 9.47 Å². The summed E-state index contributed by atoms with van der Waals surface area (Å²) in [6.45, 7) is 1.85. The first-order chi connectivity index (χ1) is 15.1. The van der Waals surface area contributed by atoms with Crippen LogP contribution in [0.1, 0.15) is 18.9 Å². The summed E-state index contributed by atoms with van der Waals surface area (Å²) in [5.41, 5.74) is 7.88. The third kappa shape index (κ3) is 6.34. The first kappa shape index (κ1) is 21.9. The van der Waals surface area contributed by atoms with Gasteiger partial charge in [-0.2, -0.15) is 0 Å². The smallest absolute Gasteiger partial charge is 0.279 e. The predicted octanol–water partition coefficient (Wildman–Crippen LogP) is 3.91. The van der Waals surface area contributed by atoms with E-state index in [2.05, 4.69) is 10.9 Å². The van der Waals surface area contributed by atoms with Crippen molar-refractivity contribution >= 4 is 11.8 Å². The van der Waals surface area contributed by atoms with E-state index < -0.39 is 12.0 Å². The fraction of sp³-hybridized carbons (Fsp3) is 0.200. The van der Waals surface area contributed by atoms with Crippen LogP contribution in [0.15, 0.2) is 78.9 Å². The molecule has 2 N–H and O–H groups in total. The van der Waals surface area contributed by atoms with E-state index in [0.29, 0.717) is 12.2 Å². The molecule has 0 saturated carbocycles. The maximum absolute atomic E-state index is 12.4. The summed E-state index contributed by atoms with van der Waals surface area (Å²) in [7, 11) is 1.58. The van der Waals surface area contributed by atoms with Gasteiger partial charge >= 0.3 is 0 Å². The summed E-state index contributed by atoms with van der Waals surface area (Å²) < 4.78 is 10.9. The zero-order chi connectivity index (χ0) is 22.1. The molecular weight excluding hydrogens is 392 g/mol. The Morgan fingerprint density at radius 3 is 2.03 bits per heavy atom. The monoisotopic (exact) mass is 418 g/mol. The van der Waals surface area contributed by atoms with E-state index in [9.17, 15) is 9.59 Å². The Kier molecular flexibility index (Phi) is 7.65. The van der Waals surface area contributed by atoms with Crippen LogP contribution in [0.4, 0.5) is 0 Å². The molecule has 160 valence electrons. The molecule has 3 aromatic rings. The van der Waals surface area contributed by atoms with Gasteiger partial charge in [-0.1, -0.05) is 61.5 Å². The van der Waals surface area contributed by atoms with Crippen LogP contribution < -0.4 is 20.3 Å². The largest absolute Gasteiger partial charge is 0.497 e. The van der Waals surface area contributed by atoms with Crippen molar-refractivity contribution in [2.24, 2.45) is 0 Å². The molecular formula is C25H26N2O4. The van der Waals surface area contributed by atoms with Gasteiger partial charge in [0.2, 0.25) is 5.91 Å². The molecule has 0 heterocycles. The van der Waals surface area contributed by atoms with Crippen LogP contribution in [0.5, 0.6) is 11.5 Å². The Bertz CT molecular complexity index is 986. The van der Waals surface area contributed by atoms with Crippen LogP contribution in [0.25, 0.3) is 11.1 Å². The topological polar surface area (TPSA) is 76.7 Å². The lowest BCUT2D eigenvalue weighted by Crippen LogP contribution is -2.48. The minimum absolute atomic E-state index is 0.142. The van der Waals surface area contributed by atoms with Crippen molar-refractivity contribution in [3.63, 3.8) is 0 Å². The summed E-state index contributed by atoms with van der Waals surface area (Å²) in [5.74, 6) is 0.585. The van der Waals surface area contributed by atoms with Crippen LogP contribution in [-0.4, -0.2) is 25.0 Å². The highest BCUT2D eigenvalue weighted by atomic mass is 16.5. The van der Waals surface area contributed by atoms with E-state index in [0.717, 1.165) is 22.4 Å². The first-order valence-corrected chi connectivity index (χ1v) is 10.1. The first-order valence-electron chi connectivity index (χ1n) is 10.1. The van der Waals surface area contributed by atoms with Gasteiger partial charge in [-0.25, -0.2) is 0 Å². The Morgan fingerprint density at radius 1 is 0.806 bits per heavy atom. The van der Waals surface area contributed by atoms with E-state index in [1.54, 1.807) is 31.4 Å². The van der Waals surface area contributed by atoms with E-state index in [1.165, 1.54) is 0 Å². The van der Waals surface area contributed by atoms with Gasteiger partial charge in [0.05, 0.1) is 13.5 Å². The lowest BCUT2D eigenvalue weighted by atomic mass is 10.1. The zero-order valence-electron chi connectivity index (χ0n) is 17.6. The molecule has 0 aromatic heterocycles. The third-order valence-electron chi connectivity index (χ3n) is 4.75. The molecule has 0 aliphatic carbocycles. The van der Waals surface area contributed by atoms with Crippen molar-refractivity contribution in [3.05, 3.63) is 84.4 Å². The summed E-state index contributed by atoms with van der Waals surface area (Å²) in [5, 5.41) is 0. The minimum atomic E-state index is -0.719. The average Bonchev–Trinajstić information content (AvgIpc) is 2.82. The molecule has 3 rings (SSSR count). The van der Waals surface area contributed by atoms with Crippen molar-refractivity contribution in [3.8, 4) is 22.6 Å². The number of rotatable bonds is 8. The lowest BCUT2D eigenvalue weighted by Gasteiger charge is -2.18. The molecule has 6 nitrogen and oxygen atoms in total. The van der Waals surface area contributed by atoms with Crippen molar-refractivity contribution < 1.29 is 19.1 Å². The molecule has 0 bridgehead atoms. The van der Waals surface area contributed by atoms with Gasteiger partial charge in [0, 0.05) is 0 Å². The highest BCUT2D eigenvalue weighted by Gasteiger charge is 2.19. The second-order valence-electron chi connectivity index (χ2n) is 6.97. The van der Waals surface area contributed by atoms with Crippen molar-refractivity contribution in [2.75, 3.05) is 7.11 Å². The average molecular weight is 418 g/mol. The van der Waals surface area contributed by atoms with Crippen molar-refractivity contribution in [2.45, 2.75) is 25.9 Å². The normalized spacial score (nSPS) is 11.3. The SMILES string of the molecule is CCC(Oc1ccc(-c2ccccc2)cc1)C(=O)NNC(=O)Cc1ccc(OC)cc1. The lowest BCUT2D eigenvalue weighted by molar-refractivity contribution is -0.133. The van der Waals surface area contributed by atoms with Crippen LogP contribution in [0.3, 0.4) is 0 Å². The minimum Gasteiger partial charge on any atom is -0.497 e. The summed E-state index contributed by atoms with van der Waals surface area (Å²) >= 11 is 0. The van der Waals surface area contributed by atoms with Crippen LogP contribution >= 0.6 is 0 Å². The number of ether oxygens (including phenoxy) is 2. The van der Waals surface area contributed by atoms with Crippen molar-refractivity contribution in [1.82, 2.24) is 10.9 Å². The molecule has 31 heavy (non-hydrogen) atoms. The van der Waals surface area contributed by atoms with E-state index >= 15 is 0 Å².